The lowest BCUT2D eigenvalue weighted by Gasteiger charge is -2.42. The van der Waals surface area contributed by atoms with Crippen molar-refractivity contribution in [3.63, 3.8) is 0 Å². The summed E-state index contributed by atoms with van der Waals surface area (Å²) in [5.41, 5.74) is 15.6. The normalized spacial score (nSPS) is 22.1. The number of rotatable bonds is 8. The maximum absolute atomic E-state index is 6.76. The third-order valence-electron chi connectivity index (χ3n) is 6.77. The molecule has 1 atom stereocenters. The molecule has 0 spiro atoms. The Morgan fingerprint density at radius 2 is 1.67 bits per heavy atom. The first kappa shape index (κ1) is 23.4. The molecule has 1 aromatic heterocycles. The van der Waals surface area contributed by atoms with Crippen LogP contribution in [0.1, 0.15) is 45.6 Å². The van der Waals surface area contributed by atoms with Crippen LogP contribution in [0.2, 0.25) is 0 Å². The molecule has 1 fully saturated rings. The number of benzene rings is 1. The van der Waals surface area contributed by atoms with Crippen molar-refractivity contribution in [2.24, 2.45) is 22.4 Å². The van der Waals surface area contributed by atoms with Crippen LogP contribution in [0.25, 0.3) is 5.69 Å². The van der Waals surface area contributed by atoms with Crippen molar-refractivity contribution in [2.45, 2.75) is 52.1 Å². The number of hydrogen-bond donors (Lipinski definition) is 2. The number of aliphatic imine (C=N–C) groups is 1. The highest BCUT2D eigenvalue weighted by atomic mass is 16.5. The van der Waals surface area contributed by atoms with Gasteiger partial charge in [0, 0.05) is 25.2 Å². The van der Waals surface area contributed by atoms with E-state index >= 15 is 0 Å². The second kappa shape index (κ2) is 10.0. The Hall–Kier alpha value is -2.77. The monoisotopic (exact) mass is 451 g/mol. The second-order valence-electron chi connectivity index (χ2n) is 9.16. The van der Waals surface area contributed by atoms with Gasteiger partial charge in [0.05, 0.1) is 18.8 Å². The fourth-order valence-corrected chi connectivity index (χ4v) is 5.03. The van der Waals surface area contributed by atoms with E-state index in [2.05, 4.69) is 26.6 Å². The molecule has 2 aromatic rings. The summed E-state index contributed by atoms with van der Waals surface area (Å²) in [6.07, 6.45) is 8.82. The lowest BCUT2D eigenvalue weighted by atomic mass is 9.74. The van der Waals surface area contributed by atoms with Gasteiger partial charge in [-0.2, -0.15) is 0 Å². The first-order valence-corrected chi connectivity index (χ1v) is 12.0. The summed E-state index contributed by atoms with van der Waals surface area (Å²) in [6, 6.07) is 8.33. The zero-order valence-corrected chi connectivity index (χ0v) is 20.1. The minimum absolute atomic E-state index is 0.387. The molecular weight excluding hydrogens is 414 g/mol. The quantitative estimate of drug-likeness (QED) is 0.636. The van der Waals surface area contributed by atoms with E-state index < -0.39 is 0 Å². The summed E-state index contributed by atoms with van der Waals surface area (Å²) in [4.78, 5) is 6.87. The molecule has 3 heterocycles. The van der Waals surface area contributed by atoms with Crippen molar-refractivity contribution in [1.82, 2.24) is 9.47 Å². The van der Waals surface area contributed by atoms with E-state index in [0.717, 1.165) is 61.7 Å². The fraction of sp³-hybridized carbons (Fsp3) is 0.500. The lowest BCUT2D eigenvalue weighted by Crippen LogP contribution is -2.53. The molecule has 2 aliphatic heterocycles. The largest absolute Gasteiger partial charge is 0.492 e. The predicted molar refractivity (Wildman–Crippen MR) is 133 cm³/mol. The van der Waals surface area contributed by atoms with Crippen molar-refractivity contribution in [3.05, 3.63) is 53.6 Å². The summed E-state index contributed by atoms with van der Waals surface area (Å²) in [7, 11) is 0. The van der Waals surface area contributed by atoms with Crippen LogP contribution in [0.3, 0.4) is 0 Å². The van der Waals surface area contributed by atoms with Gasteiger partial charge in [0.25, 0.3) is 0 Å². The number of likely N-dealkylation sites (tertiary alicyclic amines) is 1. The molecular formula is C26H37N5O2. The van der Waals surface area contributed by atoms with E-state index in [9.17, 15) is 0 Å². The highest BCUT2D eigenvalue weighted by Gasteiger charge is 2.37. The molecule has 7 nitrogen and oxygen atoms in total. The Morgan fingerprint density at radius 1 is 1.06 bits per heavy atom. The van der Waals surface area contributed by atoms with Crippen LogP contribution in [-0.4, -0.2) is 47.5 Å². The van der Waals surface area contributed by atoms with Crippen LogP contribution in [-0.2, 0) is 6.54 Å². The topological polar surface area (TPSA) is 91.0 Å². The van der Waals surface area contributed by atoms with Gasteiger partial charge in [-0.15, -0.1) is 0 Å². The Kier molecular flexibility index (Phi) is 7.10. The number of piperidine rings is 1. The van der Waals surface area contributed by atoms with E-state index in [4.69, 9.17) is 20.9 Å². The number of hydrogen-bond acceptors (Lipinski definition) is 6. The minimum atomic E-state index is -0.387. The second-order valence-corrected chi connectivity index (χ2v) is 9.16. The molecule has 4 rings (SSSR count). The van der Waals surface area contributed by atoms with Gasteiger partial charge in [-0.3, -0.25) is 4.90 Å². The average Bonchev–Trinajstić information content (AvgIpc) is 3.32. The first-order valence-electron chi connectivity index (χ1n) is 12.0. The van der Waals surface area contributed by atoms with E-state index in [0.29, 0.717) is 25.0 Å². The van der Waals surface area contributed by atoms with Crippen molar-refractivity contribution in [3.8, 4) is 17.2 Å². The molecule has 2 aliphatic rings. The first-order chi connectivity index (χ1) is 15.9. The predicted octanol–water partition coefficient (Wildman–Crippen LogP) is 3.85. The fourth-order valence-electron chi connectivity index (χ4n) is 5.03. The molecule has 7 heteroatoms. The highest BCUT2D eigenvalue weighted by molar-refractivity contribution is 5.74. The number of nitrogens with zero attached hydrogens (tertiary/aromatic N) is 3. The van der Waals surface area contributed by atoms with Crippen LogP contribution < -0.4 is 20.9 Å². The van der Waals surface area contributed by atoms with Crippen molar-refractivity contribution in [2.75, 3.05) is 26.3 Å². The molecule has 33 heavy (non-hydrogen) atoms. The summed E-state index contributed by atoms with van der Waals surface area (Å²) < 4.78 is 14.1. The Bertz CT molecular complexity index is 979. The summed E-state index contributed by atoms with van der Waals surface area (Å²) in [5, 5.41) is 0. The molecule has 1 saturated heterocycles. The molecule has 1 aromatic carbocycles. The van der Waals surface area contributed by atoms with Gasteiger partial charge in [-0.1, -0.05) is 0 Å². The molecule has 0 aliphatic carbocycles. The molecule has 4 N–H and O–H groups in total. The molecule has 0 saturated carbocycles. The van der Waals surface area contributed by atoms with E-state index in [1.807, 2.05) is 51.5 Å². The molecule has 1 unspecified atom stereocenters. The van der Waals surface area contributed by atoms with Crippen LogP contribution in [0.5, 0.6) is 11.5 Å². The van der Waals surface area contributed by atoms with Gasteiger partial charge in [-0.05, 0) is 94.4 Å². The van der Waals surface area contributed by atoms with Crippen molar-refractivity contribution in [1.29, 1.82) is 0 Å². The minimum Gasteiger partial charge on any atom is -0.492 e. The van der Waals surface area contributed by atoms with Gasteiger partial charge >= 0.3 is 0 Å². The SMILES string of the molecule is CCOc1cc(CN2CCC(C3(N)C=NC(N)=C(C)C3)CC2)cc(OCC)c1-n1cccc1. The highest BCUT2D eigenvalue weighted by Crippen LogP contribution is 2.37. The summed E-state index contributed by atoms with van der Waals surface area (Å²) in [6.45, 7) is 10.1. The van der Waals surface area contributed by atoms with E-state index in [1.165, 1.54) is 5.56 Å². The van der Waals surface area contributed by atoms with Crippen LogP contribution >= 0.6 is 0 Å². The summed E-state index contributed by atoms with van der Waals surface area (Å²) in [5.74, 6) is 2.73. The summed E-state index contributed by atoms with van der Waals surface area (Å²) >= 11 is 0. The third-order valence-corrected chi connectivity index (χ3v) is 6.77. The zero-order valence-electron chi connectivity index (χ0n) is 20.1. The van der Waals surface area contributed by atoms with Gasteiger partial charge in [-0.25, -0.2) is 4.99 Å². The molecule has 178 valence electrons. The third kappa shape index (κ3) is 5.09. The number of ether oxygens (including phenoxy) is 2. The maximum atomic E-state index is 6.76. The van der Waals surface area contributed by atoms with Crippen molar-refractivity contribution < 1.29 is 9.47 Å². The van der Waals surface area contributed by atoms with Crippen molar-refractivity contribution >= 4 is 6.21 Å². The standard InChI is InChI=1S/C26H37N5O2/c1-4-32-22-14-20(15-23(33-5-2)24(22)31-10-6-7-11-31)17-30-12-8-21(9-13-30)26(28)16-19(3)25(27)29-18-26/h6-7,10-11,14-15,18,21H,4-5,8-9,12-13,16-17,27-28H2,1-3H3. The average molecular weight is 452 g/mol. The Morgan fingerprint density at radius 3 is 2.21 bits per heavy atom. The van der Waals surface area contributed by atoms with Gasteiger partial charge in [0.15, 0.2) is 0 Å². The maximum Gasteiger partial charge on any atom is 0.147 e. The molecule has 0 amide bonds. The van der Waals surface area contributed by atoms with E-state index in [-0.39, 0.29) is 5.54 Å². The van der Waals surface area contributed by atoms with Crippen LogP contribution in [0.15, 0.2) is 53.0 Å². The van der Waals surface area contributed by atoms with Gasteiger partial charge in [0.2, 0.25) is 0 Å². The Balaban J connectivity index is 1.48. The van der Waals surface area contributed by atoms with Gasteiger partial charge < -0.3 is 25.5 Å². The zero-order chi connectivity index (χ0) is 23.4. The van der Waals surface area contributed by atoms with Crippen LogP contribution in [0, 0.1) is 5.92 Å². The number of nitrogens with two attached hydrogens (primary N) is 2. The van der Waals surface area contributed by atoms with Crippen LogP contribution in [0.4, 0.5) is 0 Å². The smallest absolute Gasteiger partial charge is 0.147 e. The van der Waals surface area contributed by atoms with Gasteiger partial charge in [0.1, 0.15) is 23.0 Å². The Labute approximate surface area is 197 Å². The van der Waals surface area contributed by atoms with E-state index in [1.54, 1.807) is 0 Å². The number of aromatic nitrogens is 1. The lowest BCUT2D eigenvalue weighted by molar-refractivity contribution is 0.148. The molecule has 0 radical (unpaired) electrons. The molecule has 0 bridgehead atoms.